The number of rotatable bonds is 1. The number of amides is 1. The van der Waals surface area contributed by atoms with Crippen LogP contribution in [0.15, 0.2) is 36.5 Å². The lowest BCUT2D eigenvalue weighted by Crippen LogP contribution is -2.45. The first-order valence-corrected chi connectivity index (χ1v) is 6.88. The van der Waals surface area contributed by atoms with E-state index >= 15 is 0 Å². The summed E-state index contributed by atoms with van der Waals surface area (Å²) in [5.41, 5.74) is 1.08. The molecule has 0 unspecified atom stereocenters. The van der Waals surface area contributed by atoms with Crippen LogP contribution < -0.4 is 0 Å². The van der Waals surface area contributed by atoms with Gasteiger partial charge in [-0.15, -0.1) is 0 Å². The van der Waals surface area contributed by atoms with Crippen molar-refractivity contribution in [3.8, 4) is 0 Å². The molecule has 1 saturated heterocycles. The molecule has 112 valence electrons. The summed E-state index contributed by atoms with van der Waals surface area (Å²) in [4.78, 5) is 12.1. The van der Waals surface area contributed by atoms with Crippen molar-refractivity contribution >= 4 is 16.8 Å². The number of alkyl halides is 3. The molecule has 0 atom stereocenters. The summed E-state index contributed by atoms with van der Waals surface area (Å²) in [5.74, 6) is -1.72. The summed E-state index contributed by atoms with van der Waals surface area (Å²) >= 11 is 0. The lowest BCUT2D eigenvalue weighted by atomic mass is 10.0. The molecule has 1 aliphatic heterocycles. The van der Waals surface area contributed by atoms with Gasteiger partial charge in [0.2, 0.25) is 0 Å². The Morgan fingerprint density at radius 3 is 2.43 bits per heavy atom. The Labute approximate surface area is 119 Å². The van der Waals surface area contributed by atoms with Crippen LogP contribution in [0.2, 0.25) is 0 Å². The van der Waals surface area contributed by atoms with E-state index in [-0.39, 0.29) is 19.1 Å². The zero-order chi connectivity index (χ0) is 15.0. The number of likely N-dealkylation sites (tertiary alicyclic amines) is 1. The fourth-order valence-corrected chi connectivity index (χ4v) is 2.95. The number of carbonyl (C=O) groups excluding carboxylic acids is 1. The first kappa shape index (κ1) is 14.0. The van der Waals surface area contributed by atoms with Gasteiger partial charge in [0.05, 0.1) is 0 Å². The van der Waals surface area contributed by atoms with Crippen LogP contribution in [-0.2, 0) is 4.79 Å². The molecular weight excluding hydrogens is 281 g/mol. The minimum absolute atomic E-state index is 0.141. The van der Waals surface area contributed by atoms with Gasteiger partial charge in [-0.1, -0.05) is 18.2 Å². The van der Waals surface area contributed by atoms with Crippen LogP contribution in [0.25, 0.3) is 10.9 Å². The normalized spacial score (nSPS) is 17.4. The molecule has 1 aliphatic rings. The minimum Gasteiger partial charge on any atom is -0.344 e. The summed E-state index contributed by atoms with van der Waals surface area (Å²) in [6, 6.07) is 10.1. The molecule has 21 heavy (non-hydrogen) atoms. The standard InChI is InChI=1S/C15H15F3N2O/c16-15(17,18)14(21)19-8-6-12(7-9-19)20-10-5-11-3-1-2-4-13(11)20/h1-5,10,12H,6-9H2. The topological polar surface area (TPSA) is 25.2 Å². The zero-order valence-electron chi connectivity index (χ0n) is 11.3. The number of hydrogen-bond donors (Lipinski definition) is 0. The third-order valence-corrected chi connectivity index (χ3v) is 4.02. The van der Waals surface area contributed by atoms with E-state index in [9.17, 15) is 18.0 Å². The van der Waals surface area contributed by atoms with E-state index in [1.807, 2.05) is 36.5 Å². The number of piperidine rings is 1. The van der Waals surface area contributed by atoms with Gasteiger partial charge in [-0.25, -0.2) is 0 Å². The second-order valence-corrected chi connectivity index (χ2v) is 5.30. The lowest BCUT2D eigenvalue weighted by molar-refractivity contribution is -0.186. The Morgan fingerprint density at radius 2 is 1.76 bits per heavy atom. The van der Waals surface area contributed by atoms with Gasteiger partial charge in [0, 0.05) is 30.8 Å². The van der Waals surface area contributed by atoms with Crippen molar-refractivity contribution in [2.24, 2.45) is 0 Å². The van der Waals surface area contributed by atoms with E-state index in [0.29, 0.717) is 12.8 Å². The molecule has 0 radical (unpaired) electrons. The largest absolute Gasteiger partial charge is 0.471 e. The van der Waals surface area contributed by atoms with E-state index in [4.69, 9.17) is 0 Å². The van der Waals surface area contributed by atoms with Gasteiger partial charge in [0.15, 0.2) is 0 Å². The van der Waals surface area contributed by atoms with Gasteiger partial charge in [-0.2, -0.15) is 13.2 Å². The van der Waals surface area contributed by atoms with Crippen LogP contribution in [0.5, 0.6) is 0 Å². The van der Waals surface area contributed by atoms with E-state index in [1.54, 1.807) is 0 Å². The maximum absolute atomic E-state index is 12.4. The van der Waals surface area contributed by atoms with Gasteiger partial charge in [0.25, 0.3) is 0 Å². The first-order valence-electron chi connectivity index (χ1n) is 6.88. The molecule has 0 N–H and O–H groups in total. The highest BCUT2D eigenvalue weighted by Gasteiger charge is 2.43. The molecule has 3 rings (SSSR count). The monoisotopic (exact) mass is 296 g/mol. The summed E-state index contributed by atoms with van der Waals surface area (Å²) in [7, 11) is 0. The Balaban J connectivity index is 1.73. The highest BCUT2D eigenvalue weighted by Crippen LogP contribution is 2.29. The minimum atomic E-state index is -4.77. The number of fused-ring (bicyclic) bond motifs is 1. The molecule has 1 fully saturated rings. The average Bonchev–Trinajstić information content (AvgIpc) is 2.90. The Morgan fingerprint density at radius 1 is 1.10 bits per heavy atom. The van der Waals surface area contributed by atoms with Crippen molar-refractivity contribution in [2.45, 2.75) is 25.1 Å². The molecule has 1 aromatic carbocycles. The van der Waals surface area contributed by atoms with Crippen molar-refractivity contribution in [1.29, 1.82) is 0 Å². The summed E-state index contributed by atoms with van der Waals surface area (Å²) in [6.07, 6.45) is -1.72. The first-order chi connectivity index (χ1) is 9.97. The van der Waals surface area contributed by atoms with E-state index in [0.717, 1.165) is 15.8 Å². The van der Waals surface area contributed by atoms with Crippen molar-refractivity contribution < 1.29 is 18.0 Å². The molecule has 0 saturated carbocycles. The summed E-state index contributed by atoms with van der Waals surface area (Å²) in [6.45, 7) is 0.297. The number of halogens is 3. The fraction of sp³-hybridized carbons (Fsp3) is 0.400. The molecule has 1 amide bonds. The van der Waals surface area contributed by atoms with Crippen molar-refractivity contribution in [3.63, 3.8) is 0 Å². The molecular formula is C15H15F3N2O. The lowest BCUT2D eigenvalue weighted by Gasteiger charge is -2.33. The summed E-state index contributed by atoms with van der Waals surface area (Å²) in [5, 5.41) is 1.12. The van der Waals surface area contributed by atoms with Crippen LogP contribution in [0.3, 0.4) is 0 Å². The quantitative estimate of drug-likeness (QED) is 0.792. The fourth-order valence-electron chi connectivity index (χ4n) is 2.95. The number of benzene rings is 1. The number of aromatic nitrogens is 1. The van der Waals surface area contributed by atoms with E-state index < -0.39 is 12.1 Å². The van der Waals surface area contributed by atoms with Gasteiger partial charge >= 0.3 is 12.1 Å². The highest BCUT2D eigenvalue weighted by molar-refractivity contribution is 5.82. The van der Waals surface area contributed by atoms with Gasteiger partial charge in [-0.05, 0) is 30.4 Å². The zero-order valence-corrected chi connectivity index (χ0v) is 11.3. The Bertz CT molecular complexity index is 654. The number of para-hydroxylation sites is 1. The number of nitrogens with zero attached hydrogens (tertiary/aromatic N) is 2. The van der Waals surface area contributed by atoms with E-state index in [1.165, 1.54) is 0 Å². The van der Waals surface area contributed by atoms with Crippen LogP contribution >= 0.6 is 0 Å². The van der Waals surface area contributed by atoms with Gasteiger partial charge in [0.1, 0.15) is 0 Å². The van der Waals surface area contributed by atoms with Crippen LogP contribution in [-0.4, -0.2) is 34.6 Å². The molecule has 3 nitrogen and oxygen atoms in total. The third kappa shape index (κ3) is 2.62. The van der Waals surface area contributed by atoms with Gasteiger partial charge < -0.3 is 9.47 Å². The molecule has 2 heterocycles. The van der Waals surface area contributed by atoms with Crippen LogP contribution in [0.4, 0.5) is 13.2 Å². The smallest absolute Gasteiger partial charge is 0.344 e. The SMILES string of the molecule is O=C(N1CCC(n2ccc3ccccc32)CC1)C(F)(F)F. The molecule has 1 aromatic heterocycles. The molecule has 0 bridgehead atoms. The Hall–Kier alpha value is -1.98. The third-order valence-electron chi connectivity index (χ3n) is 4.02. The molecule has 0 spiro atoms. The van der Waals surface area contributed by atoms with E-state index in [2.05, 4.69) is 4.57 Å². The average molecular weight is 296 g/mol. The van der Waals surface area contributed by atoms with Gasteiger partial charge in [-0.3, -0.25) is 4.79 Å². The van der Waals surface area contributed by atoms with Crippen LogP contribution in [0.1, 0.15) is 18.9 Å². The predicted octanol–water partition coefficient (Wildman–Crippen LogP) is 3.37. The second-order valence-electron chi connectivity index (χ2n) is 5.30. The number of hydrogen-bond acceptors (Lipinski definition) is 1. The number of carbonyl (C=O) groups is 1. The van der Waals surface area contributed by atoms with Crippen LogP contribution in [0, 0.1) is 0 Å². The van der Waals surface area contributed by atoms with Crippen molar-refractivity contribution in [3.05, 3.63) is 36.5 Å². The maximum Gasteiger partial charge on any atom is 0.471 e. The highest BCUT2D eigenvalue weighted by atomic mass is 19.4. The van der Waals surface area contributed by atoms with Crippen molar-refractivity contribution in [2.75, 3.05) is 13.1 Å². The van der Waals surface area contributed by atoms with Crippen molar-refractivity contribution in [1.82, 2.24) is 9.47 Å². The second kappa shape index (κ2) is 5.09. The molecule has 2 aromatic rings. The Kier molecular flexibility index (Phi) is 3.39. The molecule has 6 heteroatoms. The maximum atomic E-state index is 12.4. The summed E-state index contributed by atoms with van der Waals surface area (Å²) < 4.78 is 39.4. The molecule has 0 aliphatic carbocycles. The predicted molar refractivity (Wildman–Crippen MR) is 72.8 cm³/mol.